The van der Waals surface area contributed by atoms with Gasteiger partial charge in [-0.1, -0.05) is 12.8 Å². The fourth-order valence-electron chi connectivity index (χ4n) is 3.01. The number of rotatable bonds is 7. The second-order valence-electron chi connectivity index (χ2n) is 5.83. The van der Waals surface area contributed by atoms with Gasteiger partial charge >= 0.3 is 0 Å². The van der Waals surface area contributed by atoms with Crippen molar-refractivity contribution in [2.75, 3.05) is 33.3 Å². The lowest BCUT2D eigenvalue weighted by molar-refractivity contribution is -0.00567. The van der Waals surface area contributed by atoms with E-state index in [1.807, 2.05) is 0 Å². The molecule has 4 heteroatoms. The van der Waals surface area contributed by atoms with E-state index in [2.05, 4.69) is 17.3 Å². The van der Waals surface area contributed by atoms with E-state index in [1.54, 1.807) is 0 Å². The topological polar surface area (TPSA) is 44.7 Å². The Balaban J connectivity index is 1.50. The van der Waals surface area contributed by atoms with Crippen molar-refractivity contribution in [2.45, 2.75) is 56.8 Å². The Bertz CT molecular complexity index is 232. The average Bonchev–Trinajstić information content (AvgIpc) is 2.99. The molecule has 1 saturated carbocycles. The molecule has 2 N–H and O–H groups in total. The fourth-order valence-corrected chi connectivity index (χ4v) is 3.01. The van der Waals surface area contributed by atoms with Gasteiger partial charge in [-0.2, -0.15) is 0 Å². The molecule has 0 aromatic rings. The quantitative estimate of drug-likeness (QED) is 0.713. The zero-order valence-electron chi connectivity index (χ0n) is 11.6. The van der Waals surface area contributed by atoms with E-state index >= 15 is 0 Å². The van der Waals surface area contributed by atoms with Gasteiger partial charge in [-0.3, -0.25) is 0 Å². The van der Waals surface area contributed by atoms with Crippen LogP contribution < -0.4 is 5.32 Å². The van der Waals surface area contributed by atoms with Gasteiger partial charge in [0, 0.05) is 19.1 Å². The molecule has 18 heavy (non-hydrogen) atoms. The Morgan fingerprint density at radius 2 is 2.06 bits per heavy atom. The van der Waals surface area contributed by atoms with Gasteiger partial charge < -0.3 is 20.1 Å². The highest BCUT2D eigenvalue weighted by Crippen LogP contribution is 2.20. The highest BCUT2D eigenvalue weighted by Gasteiger charge is 2.21. The predicted octanol–water partition coefficient (Wildman–Crippen LogP) is 0.990. The van der Waals surface area contributed by atoms with Crippen molar-refractivity contribution in [2.24, 2.45) is 0 Å². The average molecular weight is 256 g/mol. The minimum Gasteiger partial charge on any atom is -0.389 e. The third kappa shape index (κ3) is 4.50. The van der Waals surface area contributed by atoms with Gasteiger partial charge in [-0.15, -0.1) is 0 Å². The number of aliphatic hydroxyl groups excluding tert-OH is 1. The van der Waals surface area contributed by atoms with Crippen LogP contribution in [0.5, 0.6) is 0 Å². The van der Waals surface area contributed by atoms with E-state index in [0.29, 0.717) is 25.3 Å². The minimum absolute atomic E-state index is 0.364. The summed E-state index contributed by atoms with van der Waals surface area (Å²) < 4.78 is 5.71. The third-order valence-electron chi connectivity index (χ3n) is 4.26. The van der Waals surface area contributed by atoms with Crippen molar-refractivity contribution in [3.05, 3.63) is 0 Å². The molecule has 2 rings (SSSR count). The third-order valence-corrected chi connectivity index (χ3v) is 4.26. The summed E-state index contributed by atoms with van der Waals surface area (Å²) in [6, 6.07) is 0.646. The Kier molecular flexibility index (Phi) is 5.89. The molecule has 1 heterocycles. The Morgan fingerprint density at radius 1 is 1.28 bits per heavy atom. The monoisotopic (exact) mass is 256 g/mol. The molecule has 2 aliphatic rings. The largest absolute Gasteiger partial charge is 0.389 e. The van der Waals surface area contributed by atoms with Gasteiger partial charge in [0.2, 0.25) is 0 Å². The van der Waals surface area contributed by atoms with Crippen molar-refractivity contribution in [3.63, 3.8) is 0 Å². The van der Waals surface area contributed by atoms with E-state index < -0.39 is 0 Å². The van der Waals surface area contributed by atoms with Crippen LogP contribution in [0.2, 0.25) is 0 Å². The normalized spacial score (nSPS) is 28.0. The van der Waals surface area contributed by atoms with Gasteiger partial charge in [0.05, 0.1) is 18.8 Å². The van der Waals surface area contributed by atoms with E-state index in [-0.39, 0.29) is 6.10 Å². The molecular formula is C14H28N2O2. The maximum absolute atomic E-state index is 9.85. The van der Waals surface area contributed by atoms with Crippen LogP contribution in [0.25, 0.3) is 0 Å². The standard InChI is InChI=1S/C14H28N2O2/c1-16-8-4-5-12(16)9-15-10-13(17)11-18-14-6-2-3-7-14/h12-15,17H,2-11H2,1H3. The molecule has 2 atom stereocenters. The first-order chi connectivity index (χ1) is 8.75. The molecule has 0 radical (unpaired) electrons. The van der Waals surface area contributed by atoms with Gasteiger partial charge in [-0.05, 0) is 39.3 Å². The first-order valence-electron chi connectivity index (χ1n) is 7.46. The molecule has 1 aliphatic heterocycles. The predicted molar refractivity (Wildman–Crippen MR) is 72.7 cm³/mol. The zero-order chi connectivity index (χ0) is 12.8. The van der Waals surface area contributed by atoms with Gasteiger partial charge in [0.1, 0.15) is 0 Å². The Hall–Kier alpha value is -0.160. The molecule has 1 saturated heterocycles. The maximum atomic E-state index is 9.85. The zero-order valence-corrected chi connectivity index (χ0v) is 11.6. The van der Waals surface area contributed by atoms with E-state index in [1.165, 1.54) is 45.1 Å². The Morgan fingerprint density at radius 3 is 2.72 bits per heavy atom. The molecule has 0 aromatic heterocycles. The minimum atomic E-state index is -0.364. The molecule has 0 amide bonds. The number of likely N-dealkylation sites (N-methyl/N-ethyl adjacent to an activating group) is 1. The number of aliphatic hydroxyl groups is 1. The number of hydrogen-bond acceptors (Lipinski definition) is 4. The van der Waals surface area contributed by atoms with Crippen LogP contribution in [-0.2, 0) is 4.74 Å². The summed E-state index contributed by atoms with van der Waals surface area (Å²) in [6.45, 7) is 3.33. The van der Waals surface area contributed by atoms with E-state index in [4.69, 9.17) is 4.74 Å². The molecule has 1 aliphatic carbocycles. The summed E-state index contributed by atoms with van der Waals surface area (Å²) in [5.41, 5.74) is 0. The molecule has 106 valence electrons. The van der Waals surface area contributed by atoms with Crippen LogP contribution in [0.4, 0.5) is 0 Å². The smallest absolute Gasteiger partial charge is 0.0897 e. The number of likely N-dealkylation sites (tertiary alicyclic amines) is 1. The van der Waals surface area contributed by atoms with Crippen LogP contribution in [-0.4, -0.2) is 61.5 Å². The van der Waals surface area contributed by atoms with Crippen LogP contribution in [0.3, 0.4) is 0 Å². The van der Waals surface area contributed by atoms with Crippen LogP contribution >= 0.6 is 0 Å². The maximum Gasteiger partial charge on any atom is 0.0897 e. The summed E-state index contributed by atoms with van der Waals surface area (Å²) in [6.07, 6.45) is 7.53. The van der Waals surface area contributed by atoms with Crippen LogP contribution in [0, 0.1) is 0 Å². The van der Waals surface area contributed by atoms with Gasteiger partial charge in [-0.25, -0.2) is 0 Å². The van der Waals surface area contributed by atoms with Crippen LogP contribution in [0.1, 0.15) is 38.5 Å². The summed E-state index contributed by atoms with van der Waals surface area (Å²) in [5.74, 6) is 0. The number of hydrogen-bond donors (Lipinski definition) is 2. The second-order valence-corrected chi connectivity index (χ2v) is 5.83. The van der Waals surface area contributed by atoms with Crippen molar-refractivity contribution < 1.29 is 9.84 Å². The number of nitrogens with zero attached hydrogens (tertiary/aromatic N) is 1. The fraction of sp³-hybridized carbons (Fsp3) is 1.00. The molecule has 0 spiro atoms. The summed E-state index contributed by atoms with van der Waals surface area (Å²) in [7, 11) is 2.18. The first kappa shape index (κ1) is 14.3. The van der Waals surface area contributed by atoms with Crippen molar-refractivity contribution in [1.29, 1.82) is 0 Å². The molecule has 2 unspecified atom stereocenters. The molecule has 4 nitrogen and oxygen atoms in total. The van der Waals surface area contributed by atoms with Crippen molar-refractivity contribution in [1.82, 2.24) is 10.2 Å². The highest BCUT2D eigenvalue weighted by atomic mass is 16.5. The first-order valence-corrected chi connectivity index (χ1v) is 7.46. The lowest BCUT2D eigenvalue weighted by atomic mass is 10.2. The van der Waals surface area contributed by atoms with Gasteiger partial charge in [0.25, 0.3) is 0 Å². The number of nitrogens with one attached hydrogen (secondary N) is 1. The molecular weight excluding hydrogens is 228 g/mol. The molecule has 2 fully saturated rings. The summed E-state index contributed by atoms with van der Waals surface area (Å²) in [5, 5.41) is 13.2. The SMILES string of the molecule is CN1CCCC1CNCC(O)COC1CCCC1. The lowest BCUT2D eigenvalue weighted by Crippen LogP contribution is -2.39. The highest BCUT2D eigenvalue weighted by molar-refractivity contribution is 4.78. The Labute approximate surface area is 111 Å². The van der Waals surface area contributed by atoms with E-state index in [9.17, 15) is 5.11 Å². The van der Waals surface area contributed by atoms with E-state index in [0.717, 1.165) is 6.54 Å². The summed E-state index contributed by atoms with van der Waals surface area (Å²) >= 11 is 0. The van der Waals surface area contributed by atoms with Crippen LogP contribution in [0.15, 0.2) is 0 Å². The van der Waals surface area contributed by atoms with Crippen molar-refractivity contribution in [3.8, 4) is 0 Å². The van der Waals surface area contributed by atoms with Crippen molar-refractivity contribution >= 4 is 0 Å². The molecule has 0 bridgehead atoms. The number of ether oxygens (including phenoxy) is 1. The summed E-state index contributed by atoms with van der Waals surface area (Å²) in [4.78, 5) is 2.40. The molecule has 0 aromatic carbocycles. The second kappa shape index (κ2) is 7.43. The lowest BCUT2D eigenvalue weighted by Gasteiger charge is -2.21. The van der Waals surface area contributed by atoms with Gasteiger partial charge in [0.15, 0.2) is 0 Å².